The first-order valence-electron chi connectivity index (χ1n) is 8.32. The number of aliphatic hydroxyl groups is 1. The molecule has 5 nitrogen and oxygen atoms in total. The van der Waals surface area contributed by atoms with Gasteiger partial charge in [-0.3, -0.25) is 14.7 Å². The van der Waals surface area contributed by atoms with E-state index in [9.17, 15) is 9.90 Å². The van der Waals surface area contributed by atoms with Crippen LogP contribution < -0.4 is 0 Å². The smallest absolute Gasteiger partial charge is 0.251 e. The van der Waals surface area contributed by atoms with Crippen LogP contribution in [0.25, 0.3) is 11.1 Å². The number of aliphatic hydroxyl groups excluding tert-OH is 1. The zero-order valence-electron chi connectivity index (χ0n) is 13.9. The first-order chi connectivity index (χ1) is 11.6. The third-order valence-electron chi connectivity index (χ3n) is 4.39. The normalized spacial score (nSPS) is 16.8. The van der Waals surface area contributed by atoms with Gasteiger partial charge in [0.15, 0.2) is 0 Å². The number of carbonyl (C=O) groups excluding carboxylic acids is 1. The van der Waals surface area contributed by atoms with Crippen LogP contribution in [0, 0.1) is 0 Å². The van der Waals surface area contributed by atoms with E-state index < -0.39 is 6.10 Å². The third-order valence-corrected chi connectivity index (χ3v) is 4.39. The Morgan fingerprint density at radius 3 is 2.50 bits per heavy atom. The number of piperazine rings is 1. The van der Waals surface area contributed by atoms with Gasteiger partial charge in [-0.15, -0.1) is 0 Å². The van der Waals surface area contributed by atoms with Crippen molar-refractivity contribution in [3.8, 4) is 11.1 Å². The second kappa shape index (κ2) is 7.55. The molecule has 1 aromatic heterocycles. The highest BCUT2D eigenvalue weighted by Crippen LogP contribution is 2.20. The van der Waals surface area contributed by atoms with E-state index in [0.717, 1.165) is 19.6 Å². The minimum absolute atomic E-state index is 0.172. The highest BCUT2D eigenvalue weighted by atomic mass is 16.3. The van der Waals surface area contributed by atoms with E-state index in [2.05, 4.69) is 34.1 Å². The minimum Gasteiger partial charge on any atom is -0.384 e. The summed E-state index contributed by atoms with van der Waals surface area (Å²) in [6.45, 7) is 5.41. The number of aromatic nitrogens is 1. The molecule has 3 rings (SSSR count). The SMILES string of the molecule is CC(O)C(=O)N1CCN(Cc2cccc(-c3ccncc3)c2)CC1. The van der Waals surface area contributed by atoms with Gasteiger partial charge in [0, 0.05) is 45.1 Å². The van der Waals surface area contributed by atoms with E-state index >= 15 is 0 Å². The van der Waals surface area contributed by atoms with E-state index in [4.69, 9.17) is 0 Å². The van der Waals surface area contributed by atoms with Crippen LogP contribution in [0.15, 0.2) is 48.8 Å². The summed E-state index contributed by atoms with van der Waals surface area (Å²) in [7, 11) is 0. The van der Waals surface area contributed by atoms with Gasteiger partial charge >= 0.3 is 0 Å². The number of amides is 1. The molecule has 2 heterocycles. The summed E-state index contributed by atoms with van der Waals surface area (Å²) in [6, 6.07) is 12.6. The van der Waals surface area contributed by atoms with E-state index in [1.807, 2.05) is 12.1 Å². The van der Waals surface area contributed by atoms with Crippen LogP contribution in [0.3, 0.4) is 0 Å². The van der Waals surface area contributed by atoms with E-state index in [0.29, 0.717) is 13.1 Å². The number of hydrogen-bond donors (Lipinski definition) is 1. The molecule has 1 aliphatic rings. The van der Waals surface area contributed by atoms with Crippen molar-refractivity contribution in [2.24, 2.45) is 0 Å². The second-order valence-corrected chi connectivity index (χ2v) is 6.21. The van der Waals surface area contributed by atoms with Crippen LogP contribution in [-0.4, -0.2) is 58.1 Å². The van der Waals surface area contributed by atoms with Gasteiger partial charge in [-0.2, -0.15) is 0 Å². The lowest BCUT2D eigenvalue weighted by Gasteiger charge is -2.35. The fourth-order valence-electron chi connectivity index (χ4n) is 3.04. The lowest BCUT2D eigenvalue weighted by molar-refractivity contribution is -0.141. The van der Waals surface area contributed by atoms with Crippen molar-refractivity contribution in [2.45, 2.75) is 19.6 Å². The fraction of sp³-hybridized carbons (Fsp3) is 0.368. The number of nitrogens with zero attached hydrogens (tertiary/aromatic N) is 3. The average Bonchev–Trinajstić information content (AvgIpc) is 2.63. The molecule has 24 heavy (non-hydrogen) atoms. The van der Waals surface area contributed by atoms with Crippen molar-refractivity contribution in [2.75, 3.05) is 26.2 Å². The van der Waals surface area contributed by atoms with Crippen molar-refractivity contribution in [1.29, 1.82) is 0 Å². The lowest BCUT2D eigenvalue weighted by atomic mass is 10.0. The molecule has 1 amide bonds. The van der Waals surface area contributed by atoms with Gasteiger partial charge in [0.1, 0.15) is 6.10 Å². The van der Waals surface area contributed by atoms with Crippen molar-refractivity contribution in [3.63, 3.8) is 0 Å². The Morgan fingerprint density at radius 1 is 1.12 bits per heavy atom. The molecule has 0 bridgehead atoms. The van der Waals surface area contributed by atoms with Gasteiger partial charge in [0.25, 0.3) is 5.91 Å². The molecule has 0 radical (unpaired) electrons. The van der Waals surface area contributed by atoms with E-state index in [1.165, 1.54) is 23.6 Å². The molecular formula is C19H23N3O2. The average molecular weight is 325 g/mol. The quantitative estimate of drug-likeness (QED) is 0.931. The molecule has 0 aliphatic carbocycles. The Kier molecular flexibility index (Phi) is 5.23. The highest BCUT2D eigenvalue weighted by Gasteiger charge is 2.23. The van der Waals surface area contributed by atoms with Crippen molar-refractivity contribution >= 4 is 5.91 Å². The lowest BCUT2D eigenvalue weighted by Crippen LogP contribution is -2.50. The number of benzene rings is 1. The Bertz CT molecular complexity index is 680. The van der Waals surface area contributed by atoms with Crippen molar-refractivity contribution < 1.29 is 9.90 Å². The maximum Gasteiger partial charge on any atom is 0.251 e. The molecule has 1 unspecified atom stereocenters. The molecule has 1 fully saturated rings. The largest absolute Gasteiger partial charge is 0.384 e. The maximum atomic E-state index is 11.8. The Hall–Kier alpha value is -2.24. The van der Waals surface area contributed by atoms with Gasteiger partial charge in [0.05, 0.1) is 0 Å². The molecule has 1 aromatic carbocycles. The minimum atomic E-state index is -0.909. The number of hydrogen-bond acceptors (Lipinski definition) is 4. The predicted octanol–water partition coefficient (Wildman–Crippen LogP) is 1.77. The summed E-state index contributed by atoms with van der Waals surface area (Å²) < 4.78 is 0. The zero-order valence-corrected chi connectivity index (χ0v) is 13.9. The van der Waals surface area contributed by atoms with Crippen LogP contribution in [0.1, 0.15) is 12.5 Å². The summed E-state index contributed by atoms with van der Waals surface area (Å²) in [5.74, 6) is -0.172. The monoisotopic (exact) mass is 325 g/mol. The summed E-state index contributed by atoms with van der Waals surface area (Å²) in [6.07, 6.45) is 2.70. The van der Waals surface area contributed by atoms with Crippen LogP contribution in [-0.2, 0) is 11.3 Å². The maximum absolute atomic E-state index is 11.8. The Morgan fingerprint density at radius 2 is 1.83 bits per heavy atom. The van der Waals surface area contributed by atoms with Gasteiger partial charge < -0.3 is 10.0 Å². The Balaban J connectivity index is 1.61. The molecule has 5 heteroatoms. The molecule has 1 saturated heterocycles. The van der Waals surface area contributed by atoms with E-state index in [-0.39, 0.29) is 5.91 Å². The van der Waals surface area contributed by atoms with Crippen LogP contribution in [0.2, 0.25) is 0 Å². The molecule has 1 aliphatic heterocycles. The van der Waals surface area contributed by atoms with Gasteiger partial charge in [-0.05, 0) is 41.8 Å². The zero-order chi connectivity index (χ0) is 16.9. The van der Waals surface area contributed by atoms with Gasteiger partial charge in [0.2, 0.25) is 0 Å². The fourth-order valence-corrected chi connectivity index (χ4v) is 3.04. The molecule has 1 N–H and O–H groups in total. The first kappa shape index (κ1) is 16.6. The molecule has 2 aromatic rings. The number of pyridine rings is 1. The standard InChI is InChI=1S/C19H23N3O2/c1-15(23)19(24)22-11-9-21(10-12-22)14-16-3-2-4-18(13-16)17-5-7-20-8-6-17/h2-8,13,15,23H,9-12,14H2,1H3. The molecule has 0 saturated carbocycles. The second-order valence-electron chi connectivity index (χ2n) is 6.21. The molecule has 1 atom stereocenters. The highest BCUT2D eigenvalue weighted by molar-refractivity contribution is 5.80. The molecular weight excluding hydrogens is 302 g/mol. The topological polar surface area (TPSA) is 56.7 Å². The van der Waals surface area contributed by atoms with Gasteiger partial charge in [-0.25, -0.2) is 0 Å². The first-order valence-corrected chi connectivity index (χ1v) is 8.32. The van der Waals surface area contributed by atoms with Crippen molar-refractivity contribution in [3.05, 3.63) is 54.4 Å². The summed E-state index contributed by atoms with van der Waals surface area (Å²) >= 11 is 0. The third kappa shape index (κ3) is 3.99. The summed E-state index contributed by atoms with van der Waals surface area (Å²) in [5.41, 5.74) is 3.62. The van der Waals surface area contributed by atoms with Crippen molar-refractivity contribution in [1.82, 2.24) is 14.8 Å². The van der Waals surface area contributed by atoms with Crippen LogP contribution >= 0.6 is 0 Å². The van der Waals surface area contributed by atoms with Crippen LogP contribution in [0.5, 0.6) is 0 Å². The Labute approximate surface area is 142 Å². The molecule has 126 valence electrons. The summed E-state index contributed by atoms with van der Waals surface area (Å²) in [4.78, 5) is 20.0. The van der Waals surface area contributed by atoms with Gasteiger partial charge in [-0.1, -0.05) is 18.2 Å². The number of carbonyl (C=O) groups is 1. The summed E-state index contributed by atoms with van der Waals surface area (Å²) in [5, 5.41) is 9.40. The predicted molar refractivity (Wildman–Crippen MR) is 93.2 cm³/mol. The molecule has 0 spiro atoms. The van der Waals surface area contributed by atoms with E-state index in [1.54, 1.807) is 17.3 Å². The number of rotatable bonds is 4. The van der Waals surface area contributed by atoms with Crippen LogP contribution in [0.4, 0.5) is 0 Å².